The van der Waals surface area contributed by atoms with Crippen LogP contribution in [-0.4, -0.2) is 34.5 Å². The molecule has 0 aromatic heterocycles. The average molecular weight is 402 g/mol. The summed E-state index contributed by atoms with van der Waals surface area (Å²) in [6.07, 6.45) is 4.54. The maximum Gasteiger partial charge on any atom is 0.404 e. The summed E-state index contributed by atoms with van der Waals surface area (Å²) in [4.78, 5) is 11.4. The molecule has 1 aliphatic rings. The number of rotatable bonds is 8. The number of benzene rings is 1. The van der Waals surface area contributed by atoms with Crippen LogP contribution in [0.2, 0.25) is 0 Å². The SMILES string of the molecule is CC(C)(C)C(NCc1ccc(C#N)cc1)[C@H](O)[C@H](CC1CCCCC1)NC(=O)O. The van der Waals surface area contributed by atoms with Gasteiger partial charge in [0, 0.05) is 12.6 Å². The molecule has 0 saturated heterocycles. The van der Waals surface area contributed by atoms with E-state index < -0.39 is 18.2 Å². The minimum Gasteiger partial charge on any atom is -0.465 e. The number of amides is 1. The second kappa shape index (κ2) is 10.6. The highest BCUT2D eigenvalue weighted by Crippen LogP contribution is 2.31. The van der Waals surface area contributed by atoms with Crippen LogP contribution < -0.4 is 10.6 Å². The third-order valence-electron chi connectivity index (χ3n) is 5.92. The first-order valence-corrected chi connectivity index (χ1v) is 10.6. The van der Waals surface area contributed by atoms with Crippen molar-refractivity contribution < 1.29 is 15.0 Å². The molecular weight excluding hydrogens is 366 g/mol. The van der Waals surface area contributed by atoms with Gasteiger partial charge in [0.2, 0.25) is 0 Å². The zero-order chi connectivity index (χ0) is 21.4. The lowest BCUT2D eigenvalue weighted by Gasteiger charge is -2.40. The van der Waals surface area contributed by atoms with E-state index >= 15 is 0 Å². The molecule has 6 heteroatoms. The fourth-order valence-corrected chi connectivity index (χ4v) is 4.32. The van der Waals surface area contributed by atoms with E-state index in [1.54, 1.807) is 12.1 Å². The standard InChI is InChI=1S/C23H35N3O3/c1-23(2,3)21(25-15-18-11-9-17(14-24)10-12-18)20(27)19(26-22(28)29)13-16-7-5-4-6-8-16/h9-12,16,19-21,25-27H,4-8,13,15H2,1-3H3,(H,28,29)/t19-,20+,21?/m0/s1. The first-order valence-electron chi connectivity index (χ1n) is 10.6. The molecule has 1 saturated carbocycles. The highest BCUT2D eigenvalue weighted by molar-refractivity contribution is 5.65. The highest BCUT2D eigenvalue weighted by Gasteiger charge is 2.37. The molecule has 160 valence electrons. The summed E-state index contributed by atoms with van der Waals surface area (Å²) in [5.74, 6) is 0.453. The van der Waals surface area contributed by atoms with Crippen molar-refractivity contribution in [3.8, 4) is 6.07 Å². The Labute approximate surface area is 174 Å². The summed E-state index contributed by atoms with van der Waals surface area (Å²) < 4.78 is 0. The molecule has 1 unspecified atom stereocenters. The molecule has 0 spiro atoms. The van der Waals surface area contributed by atoms with Crippen molar-refractivity contribution in [1.82, 2.24) is 10.6 Å². The van der Waals surface area contributed by atoms with Crippen LogP contribution in [0.1, 0.15) is 70.4 Å². The number of aliphatic hydroxyl groups excluding tert-OH is 1. The third-order valence-corrected chi connectivity index (χ3v) is 5.92. The highest BCUT2D eigenvalue weighted by atomic mass is 16.4. The topological polar surface area (TPSA) is 105 Å². The van der Waals surface area contributed by atoms with Crippen LogP contribution in [0.4, 0.5) is 4.79 Å². The van der Waals surface area contributed by atoms with Crippen LogP contribution in [0.5, 0.6) is 0 Å². The van der Waals surface area contributed by atoms with Gasteiger partial charge in [-0.05, 0) is 35.4 Å². The molecule has 6 nitrogen and oxygen atoms in total. The van der Waals surface area contributed by atoms with E-state index in [1.807, 2.05) is 32.9 Å². The Balaban J connectivity index is 2.10. The summed E-state index contributed by atoms with van der Waals surface area (Å²) in [6.45, 7) is 6.68. The van der Waals surface area contributed by atoms with Crippen LogP contribution in [0, 0.1) is 22.7 Å². The van der Waals surface area contributed by atoms with Gasteiger partial charge in [-0.3, -0.25) is 0 Å². The van der Waals surface area contributed by atoms with Gasteiger partial charge in [0.05, 0.1) is 23.8 Å². The van der Waals surface area contributed by atoms with E-state index in [4.69, 9.17) is 5.26 Å². The minimum absolute atomic E-state index is 0.267. The van der Waals surface area contributed by atoms with E-state index in [0.717, 1.165) is 18.4 Å². The number of carbonyl (C=O) groups is 1. The Morgan fingerprint density at radius 1 is 1.21 bits per heavy atom. The lowest BCUT2D eigenvalue weighted by Crippen LogP contribution is -2.57. The fourth-order valence-electron chi connectivity index (χ4n) is 4.32. The van der Waals surface area contributed by atoms with Gasteiger partial charge in [-0.1, -0.05) is 65.0 Å². The molecular formula is C23H35N3O3. The molecule has 2 rings (SSSR count). The minimum atomic E-state index is -1.09. The van der Waals surface area contributed by atoms with Crippen LogP contribution in [0.25, 0.3) is 0 Å². The van der Waals surface area contributed by atoms with Crippen LogP contribution >= 0.6 is 0 Å². The summed E-state index contributed by atoms with van der Waals surface area (Å²) in [5, 5.41) is 35.5. The number of hydrogen-bond acceptors (Lipinski definition) is 4. The smallest absolute Gasteiger partial charge is 0.404 e. The van der Waals surface area contributed by atoms with E-state index in [9.17, 15) is 15.0 Å². The van der Waals surface area contributed by atoms with Gasteiger partial charge in [-0.15, -0.1) is 0 Å². The van der Waals surface area contributed by atoms with Crippen molar-refractivity contribution >= 4 is 6.09 Å². The molecule has 1 aliphatic carbocycles. The van der Waals surface area contributed by atoms with Crippen LogP contribution in [0.3, 0.4) is 0 Å². The third kappa shape index (κ3) is 7.34. The Hall–Kier alpha value is -2.10. The molecule has 0 bridgehead atoms. The number of nitrogens with zero attached hydrogens (tertiary/aromatic N) is 1. The molecule has 1 fully saturated rings. The number of carboxylic acid groups (broad SMARTS) is 1. The first kappa shape index (κ1) is 23.2. The van der Waals surface area contributed by atoms with E-state index in [-0.39, 0.29) is 11.5 Å². The van der Waals surface area contributed by atoms with Crippen molar-refractivity contribution in [3.63, 3.8) is 0 Å². The average Bonchev–Trinajstić information content (AvgIpc) is 2.67. The molecule has 1 amide bonds. The van der Waals surface area contributed by atoms with Gasteiger partial charge < -0.3 is 20.8 Å². The van der Waals surface area contributed by atoms with Gasteiger partial charge in [-0.25, -0.2) is 4.79 Å². The summed E-state index contributed by atoms with van der Waals surface area (Å²) in [7, 11) is 0. The molecule has 1 aromatic carbocycles. The lowest BCUT2D eigenvalue weighted by molar-refractivity contribution is 0.0308. The van der Waals surface area contributed by atoms with Gasteiger partial charge in [0.15, 0.2) is 0 Å². The van der Waals surface area contributed by atoms with Crippen molar-refractivity contribution in [3.05, 3.63) is 35.4 Å². The van der Waals surface area contributed by atoms with E-state index in [2.05, 4.69) is 16.7 Å². The molecule has 0 radical (unpaired) electrons. The fraction of sp³-hybridized carbons (Fsp3) is 0.652. The molecule has 4 N–H and O–H groups in total. The Morgan fingerprint density at radius 2 is 1.83 bits per heavy atom. The van der Waals surface area contributed by atoms with Crippen LogP contribution in [0.15, 0.2) is 24.3 Å². The molecule has 0 aliphatic heterocycles. The second-order valence-electron chi connectivity index (χ2n) is 9.32. The van der Waals surface area contributed by atoms with Gasteiger partial charge in [0.25, 0.3) is 0 Å². The zero-order valence-corrected chi connectivity index (χ0v) is 17.8. The van der Waals surface area contributed by atoms with Crippen molar-refractivity contribution in [2.45, 2.75) is 84.0 Å². The molecule has 0 heterocycles. The Morgan fingerprint density at radius 3 is 2.34 bits per heavy atom. The number of nitriles is 1. The predicted molar refractivity (Wildman–Crippen MR) is 113 cm³/mol. The number of aliphatic hydroxyl groups is 1. The largest absolute Gasteiger partial charge is 0.465 e. The van der Waals surface area contributed by atoms with Crippen molar-refractivity contribution in [1.29, 1.82) is 5.26 Å². The van der Waals surface area contributed by atoms with E-state index in [0.29, 0.717) is 24.4 Å². The lowest BCUT2D eigenvalue weighted by atomic mass is 9.77. The predicted octanol–water partition coefficient (Wildman–Crippen LogP) is 4.03. The van der Waals surface area contributed by atoms with Gasteiger partial charge in [-0.2, -0.15) is 5.26 Å². The second-order valence-corrected chi connectivity index (χ2v) is 9.32. The van der Waals surface area contributed by atoms with Gasteiger partial charge >= 0.3 is 6.09 Å². The maximum absolute atomic E-state index is 11.4. The van der Waals surface area contributed by atoms with Crippen molar-refractivity contribution in [2.75, 3.05) is 0 Å². The monoisotopic (exact) mass is 401 g/mol. The Bertz CT molecular complexity index is 685. The number of nitrogens with one attached hydrogen (secondary N) is 2. The zero-order valence-electron chi connectivity index (χ0n) is 17.8. The summed E-state index contributed by atoms with van der Waals surface area (Å²) in [5.41, 5.74) is 1.36. The maximum atomic E-state index is 11.4. The summed E-state index contributed by atoms with van der Waals surface area (Å²) in [6, 6.07) is 8.65. The molecule has 1 aromatic rings. The van der Waals surface area contributed by atoms with Crippen molar-refractivity contribution in [2.24, 2.45) is 11.3 Å². The normalized spacial score (nSPS) is 18.4. The first-order chi connectivity index (χ1) is 13.7. The van der Waals surface area contributed by atoms with Gasteiger partial charge in [0.1, 0.15) is 0 Å². The van der Waals surface area contributed by atoms with E-state index in [1.165, 1.54) is 19.3 Å². The van der Waals surface area contributed by atoms with Crippen LogP contribution in [-0.2, 0) is 6.54 Å². The molecule has 3 atom stereocenters. The Kier molecular flexibility index (Phi) is 8.48. The quantitative estimate of drug-likeness (QED) is 0.526. The number of hydrogen-bond donors (Lipinski definition) is 4. The summed E-state index contributed by atoms with van der Waals surface area (Å²) >= 11 is 0. The molecule has 29 heavy (non-hydrogen) atoms.